The Morgan fingerprint density at radius 1 is 0.574 bits per heavy atom. The highest BCUT2D eigenvalue weighted by Crippen LogP contribution is 2.26. The fourth-order valence-corrected chi connectivity index (χ4v) is 4.02. The van der Waals surface area contributed by atoms with Gasteiger partial charge in [-0.1, -0.05) is 0 Å². The number of Topliss-reactive ketones (excluding diaryl/α,β-unsaturated/α-hetero) is 1. The van der Waals surface area contributed by atoms with Crippen molar-refractivity contribution in [3.63, 3.8) is 0 Å². The number of aliphatic hydroxyl groups is 1. The van der Waals surface area contributed by atoms with Crippen molar-refractivity contribution in [2.75, 3.05) is 66.1 Å². The van der Waals surface area contributed by atoms with Crippen molar-refractivity contribution >= 4 is 17.7 Å². The zero-order chi connectivity index (χ0) is 33.9. The van der Waals surface area contributed by atoms with Crippen molar-refractivity contribution in [3.05, 3.63) is 83.4 Å². The van der Waals surface area contributed by atoms with Crippen LogP contribution in [-0.2, 0) is 18.9 Å². The first-order chi connectivity index (χ1) is 22.8. The first-order valence-electron chi connectivity index (χ1n) is 15.4. The van der Waals surface area contributed by atoms with Gasteiger partial charge < -0.3 is 43.0 Å². The molecule has 1 N–H and O–H groups in total. The SMILES string of the molecule is CCOC(=O)c1ccc(OCCOCCOc2ccc(OCCOCCOc3ccc(C(=O)OCC)cc3)c(C(=O)C(C)O)c2)cc1. The summed E-state index contributed by atoms with van der Waals surface area (Å²) in [5.41, 5.74) is 1.09. The predicted molar refractivity (Wildman–Crippen MR) is 171 cm³/mol. The highest BCUT2D eigenvalue weighted by Gasteiger charge is 2.19. The molecule has 0 saturated heterocycles. The van der Waals surface area contributed by atoms with E-state index in [0.717, 1.165) is 0 Å². The van der Waals surface area contributed by atoms with Crippen molar-refractivity contribution < 1.29 is 57.4 Å². The lowest BCUT2D eigenvalue weighted by Crippen LogP contribution is -2.19. The van der Waals surface area contributed by atoms with Crippen LogP contribution in [0, 0.1) is 0 Å². The first kappa shape index (κ1) is 36.8. The average molecular weight is 655 g/mol. The molecular weight excluding hydrogens is 612 g/mol. The Morgan fingerprint density at radius 3 is 1.40 bits per heavy atom. The normalized spacial score (nSPS) is 11.3. The second-order valence-electron chi connectivity index (χ2n) is 9.81. The summed E-state index contributed by atoms with van der Waals surface area (Å²) in [6.07, 6.45) is -1.22. The van der Waals surface area contributed by atoms with Gasteiger partial charge in [-0.05, 0) is 87.5 Å². The molecule has 0 bridgehead atoms. The molecule has 47 heavy (non-hydrogen) atoms. The third-order valence-corrected chi connectivity index (χ3v) is 6.30. The Labute approximate surface area is 274 Å². The summed E-state index contributed by atoms with van der Waals surface area (Å²) < 4.78 is 43.8. The van der Waals surface area contributed by atoms with Gasteiger partial charge in [-0.25, -0.2) is 9.59 Å². The van der Waals surface area contributed by atoms with Crippen LogP contribution in [0.3, 0.4) is 0 Å². The molecule has 12 nitrogen and oxygen atoms in total. The number of ketones is 1. The third kappa shape index (κ3) is 12.9. The average Bonchev–Trinajstić information content (AvgIpc) is 3.08. The van der Waals surface area contributed by atoms with Crippen molar-refractivity contribution in [1.29, 1.82) is 0 Å². The topological polar surface area (TPSA) is 145 Å². The minimum atomic E-state index is -1.22. The van der Waals surface area contributed by atoms with Crippen LogP contribution in [0.5, 0.6) is 23.0 Å². The van der Waals surface area contributed by atoms with Gasteiger partial charge in [0.05, 0.1) is 56.3 Å². The van der Waals surface area contributed by atoms with Gasteiger partial charge in [0, 0.05) is 0 Å². The van der Waals surface area contributed by atoms with Crippen molar-refractivity contribution in [1.82, 2.24) is 0 Å². The van der Waals surface area contributed by atoms with Gasteiger partial charge in [0.2, 0.25) is 0 Å². The number of hydrogen-bond donors (Lipinski definition) is 1. The molecule has 1 atom stereocenters. The maximum atomic E-state index is 12.6. The van der Waals surface area contributed by atoms with E-state index in [9.17, 15) is 19.5 Å². The molecule has 0 aliphatic rings. The van der Waals surface area contributed by atoms with Gasteiger partial charge in [-0.2, -0.15) is 0 Å². The molecule has 0 aromatic heterocycles. The van der Waals surface area contributed by atoms with E-state index in [4.69, 9.17) is 37.9 Å². The van der Waals surface area contributed by atoms with Crippen LogP contribution in [0.1, 0.15) is 51.8 Å². The summed E-state index contributed by atoms with van der Waals surface area (Å²) in [7, 11) is 0. The molecule has 0 radical (unpaired) electrons. The van der Waals surface area contributed by atoms with Crippen molar-refractivity contribution in [3.8, 4) is 23.0 Å². The second kappa shape index (κ2) is 20.5. The van der Waals surface area contributed by atoms with Gasteiger partial charge in [-0.3, -0.25) is 4.79 Å². The largest absolute Gasteiger partial charge is 0.491 e. The monoisotopic (exact) mass is 654 g/mol. The number of benzene rings is 3. The van der Waals surface area contributed by atoms with E-state index in [0.29, 0.717) is 73.8 Å². The number of carbonyl (C=O) groups is 3. The van der Waals surface area contributed by atoms with E-state index in [2.05, 4.69) is 0 Å². The van der Waals surface area contributed by atoms with Gasteiger partial charge in [-0.15, -0.1) is 0 Å². The molecule has 0 fully saturated rings. The molecule has 0 aliphatic carbocycles. The van der Waals surface area contributed by atoms with E-state index < -0.39 is 11.9 Å². The number of aliphatic hydroxyl groups excluding tert-OH is 1. The van der Waals surface area contributed by atoms with Crippen LogP contribution >= 0.6 is 0 Å². The fourth-order valence-electron chi connectivity index (χ4n) is 4.02. The van der Waals surface area contributed by atoms with Crippen LogP contribution in [0.15, 0.2) is 66.7 Å². The number of carbonyl (C=O) groups excluding carboxylic acids is 3. The molecule has 3 aromatic carbocycles. The molecule has 0 heterocycles. The smallest absolute Gasteiger partial charge is 0.338 e. The highest BCUT2D eigenvalue weighted by molar-refractivity contribution is 6.01. The Bertz CT molecular complexity index is 1390. The molecule has 0 aliphatic heterocycles. The van der Waals surface area contributed by atoms with Crippen LogP contribution in [0.4, 0.5) is 0 Å². The molecule has 12 heteroatoms. The number of ether oxygens (including phenoxy) is 8. The van der Waals surface area contributed by atoms with E-state index in [1.54, 1.807) is 74.5 Å². The zero-order valence-electron chi connectivity index (χ0n) is 26.9. The molecule has 3 aromatic rings. The summed E-state index contributed by atoms with van der Waals surface area (Å²) in [5.74, 6) is 0.655. The summed E-state index contributed by atoms with van der Waals surface area (Å²) in [6.45, 7) is 7.64. The maximum Gasteiger partial charge on any atom is 0.338 e. The van der Waals surface area contributed by atoms with E-state index in [1.807, 2.05) is 0 Å². The second-order valence-corrected chi connectivity index (χ2v) is 9.81. The molecule has 3 rings (SSSR count). The predicted octanol–water partition coefficient (Wildman–Crippen LogP) is 4.55. The molecule has 254 valence electrons. The molecule has 0 spiro atoms. The zero-order valence-corrected chi connectivity index (χ0v) is 26.9. The van der Waals surface area contributed by atoms with E-state index in [-0.39, 0.29) is 43.9 Å². The minimum absolute atomic E-state index is 0.167. The Morgan fingerprint density at radius 2 is 0.979 bits per heavy atom. The maximum absolute atomic E-state index is 12.6. The lowest BCUT2D eigenvalue weighted by Gasteiger charge is -2.15. The summed E-state index contributed by atoms with van der Waals surface area (Å²) in [4.78, 5) is 36.1. The lowest BCUT2D eigenvalue weighted by atomic mass is 10.1. The van der Waals surface area contributed by atoms with Gasteiger partial charge >= 0.3 is 11.9 Å². The van der Waals surface area contributed by atoms with Crippen molar-refractivity contribution in [2.24, 2.45) is 0 Å². The summed E-state index contributed by atoms with van der Waals surface area (Å²) in [5, 5.41) is 9.90. The van der Waals surface area contributed by atoms with E-state index >= 15 is 0 Å². The lowest BCUT2D eigenvalue weighted by molar-refractivity contribution is 0.0516. The summed E-state index contributed by atoms with van der Waals surface area (Å²) >= 11 is 0. The molecule has 0 amide bonds. The van der Waals surface area contributed by atoms with E-state index in [1.165, 1.54) is 13.0 Å². The standard InChI is InChI=1S/C35H42O12/c1-4-42-34(38)26-6-10-28(11-7-26)44-20-16-40-18-22-46-30-14-15-32(31(24-30)33(37)25(3)36)47-23-19-41-17-21-45-29-12-8-27(9-13-29)35(39)43-5-2/h6-15,24-25,36H,4-5,16-23H2,1-3H3. The van der Waals surface area contributed by atoms with Crippen LogP contribution in [-0.4, -0.2) is 95.0 Å². The van der Waals surface area contributed by atoms with Gasteiger partial charge in [0.15, 0.2) is 5.78 Å². The Kier molecular flexibility index (Phi) is 16.0. The van der Waals surface area contributed by atoms with Gasteiger partial charge in [0.25, 0.3) is 0 Å². The third-order valence-electron chi connectivity index (χ3n) is 6.30. The van der Waals surface area contributed by atoms with Gasteiger partial charge in [0.1, 0.15) is 55.5 Å². The Balaban J connectivity index is 1.33. The minimum Gasteiger partial charge on any atom is -0.491 e. The van der Waals surface area contributed by atoms with Crippen molar-refractivity contribution in [2.45, 2.75) is 26.9 Å². The molecule has 1 unspecified atom stereocenters. The first-order valence-corrected chi connectivity index (χ1v) is 15.4. The number of rotatable bonds is 22. The number of esters is 2. The molecular formula is C35H42O12. The highest BCUT2D eigenvalue weighted by atomic mass is 16.6. The fraction of sp³-hybridized carbons (Fsp3) is 0.400. The number of hydrogen-bond acceptors (Lipinski definition) is 12. The van der Waals surface area contributed by atoms with Crippen LogP contribution < -0.4 is 18.9 Å². The van der Waals surface area contributed by atoms with Crippen LogP contribution in [0.25, 0.3) is 0 Å². The summed E-state index contributed by atoms with van der Waals surface area (Å²) in [6, 6.07) is 18.1. The van der Waals surface area contributed by atoms with Crippen LogP contribution in [0.2, 0.25) is 0 Å². The molecule has 0 saturated carbocycles. The quantitative estimate of drug-likeness (QED) is 0.0922. The Hall–Kier alpha value is -4.65.